The van der Waals surface area contributed by atoms with Crippen molar-refractivity contribution in [1.29, 1.82) is 5.41 Å². The third-order valence-electron chi connectivity index (χ3n) is 7.50. The predicted octanol–water partition coefficient (Wildman–Crippen LogP) is 2.48. The first-order valence-electron chi connectivity index (χ1n) is 13.8. The van der Waals surface area contributed by atoms with Gasteiger partial charge in [-0.05, 0) is 26.0 Å². The molecule has 2 aliphatic heterocycles. The van der Waals surface area contributed by atoms with Crippen molar-refractivity contribution in [3.8, 4) is 17.1 Å². The van der Waals surface area contributed by atoms with Crippen molar-refractivity contribution >= 4 is 45.0 Å². The number of ether oxygens (including phenoxy) is 2. The number of anilines is 3. The molecule has 2 aromatic heterocycles. The molecule has 4 aromatic rings. The smallest absolute Gasteiger partial charge is 0.272 e. The number of nitrogen functional groups attached to an aromatic ring is 1. The minimum absolute atomic E-state index is 0.159. The Morgan fingerprint density at radius 1 is 1.07 bits per heavy atom. The molecule has 41 heavy (non-hydrogen) atoms. The molecule has 12 heteroatoms. The highest BCUT2D eigenvalue weighted by atomic mass is 32.1. The summed E-state index contributed by atoms with van der Waals surface area (Å²) in [6, 6.07) is 7.67. The SMILES string of the molecule is CC(C)Oc1c(N2CCN(Cc3cc4nc(-c5cccc(N)c5C=N)nc(N5CCOCC5)c4s3)CC2)c(=O)c1=O. The maximum Gasteiger partial charge on any atom is 0.272 e. The average Bonchev–Trinajstić information content (AvgIpc) is 3.39. The molecular weight excluding hydrogens is 542 g/mol. The van der Waals surface area contributed by atoms with Gasteiger partial charge in [-0.3, -0.25) is 14.5 Å². The van der Waals surface area contributed by atoms with Gasteiger partial charge in [-0.1, -0.05) is 12.1 Å². The summed E-state index contributed by atoms with van der Waals surface area (Å²) in [6.07, 6.45) is 1.10. The van der Waals surface area contributed by atoms with Crippen LogP contribution in [0, 0.1) is 5.41 Å². The van der Waals surface area contributed by atoms with Gasteiger partial charge in [0.2, 0.25) is 0 Å². The molecule has 0 unspecified atom stereocenters. The standard InChI is InChI=1S/C29H33N7O4S/c1-17(2)40-26-23(24(37)25(26)38)35-8-6-34(7-9-35)16-18-14-22-27(41-18)29(36-10-12-39-13-11-36)33-28(32-22)19-4-3-5-21(31)20(19)15-30/h3-5,14-15,17,30H,6-13,16,31H2,1-2H3. The number of hydrogen-bond acceptors (Lipinski definition) is 12. The van der Waals surface area contributed by atoms with Crippen molar-refractivity contribution < 1.29 is 9.47 Å². The molecule has 0 bridgehead atoms. The monoisotopic (exact) mass is 575 g/mol. The molecular formula is C29H33N7O4S. The van der Waals surface area contributed by atoms with Crippen LogP contribution in [0.1, 0.15) is 24.3 Å². The van der Waals surface area contributed by atoms with E-state index >= 15 is 0 Å². The Morgan fingerprint density at radius 3 is 2.54 bits per heavy atom. The third-order valence-corrected chi connectivity index (χ3v) is 8.61. The Kier molecular flexibility index (Phi) is 7.45. The van der Waals surface area contributed by atoms with Crippen molar-refractivity contribution in [3.05, 3.63) is 55.2 Å². The van der Waals surface area contributed by atoms with Gasteiger partial charge in [-0.15, -0.1) is 11.3 Å². The quantitative estimate of drug-likeness (QED) is 0.183. The van der Waals surface area contributed by atoms with Gasteiger partial charge < -0.3 is 30.4 Å². The summed E-state index contributed by atoms with van der Waals surface area (Å²) in [5.41, 5.74) is 8.35. The Hall–Kier alpha value is -3.87. The zero-order valence-corrected chi connectivity index (χ0v) is 24.0. The first-order valence-corrected chi connectivity index (χ1v) is 14.7. The Labute approximate surface area is 241 Å². The summed E-state index contributed by atoms with van der Waals surface area (Å²) in [4.78, 5) is 42.0. The summed E-state index contributed by atoms with van der Waals surface area (Å²) in [7, 11) is 0. The minimum Gasteiger partial charge on any atom is -0.485 e. The lowest BCUT2D eigenvalue weighted by molar-refractivity contribution is 0.122. The van der Waals surface area contributed by atoms with E-state index in [1.54, 1.807) is 17.4 Å². The first kappa shape index (κ1) is 27.3. The molecule has 2 aliphatic rings. The second-order valence-corrected chi connectivity index (χ2v) is 11.8. The number of thiophene rings is 1. The lowest BCUT2D eigenvalue weighted by Crippen LogP contribution is -2.51. The molecule has 11 nitrogen and oxygen atoms in total. The van der Waals surface area contributed by atoms with Crippen molar-refractivity contribution in [3.63, 3.8) is 0 Å². The van der Waals surface area contributed by atoms with Crippen molar-refractivity contribution in [2.75, 3.05) is 68.0 Å². The minimum atomic E-state index is -0.524. The van der Waals surface area contributed by atoms with Crippen LogP contribution in [0.25, 0.3) is 21.6 Å². The average molecular weight is 576 g/mol. The second kappa shape index (κ2) is 11.2. The van der Waals surface area contributed by atoms with Crippen molar-refractivity contribution in [1.82, 2.24) is 14.9 Å². The summed E-state index contributed by atoms with van der Waals surface area (Å²) < 4.78 is 12.2. The van der Waals surface area contributed by atoms with Crippen LogP contribution in [-0.4, -0.2) is 79.7 Å². The summed E-state index contributed by atoms with van der Waals surface area (Å²) >= 11 is 1.70. The Balaban J connectivity index is 1.26. The van der Waals surface area contributed by atoms with Gasteiger partial charge in [0.15, 0.2) is 17.4 Å². The normalized spacial score (nSPS) is 16.7. The van der Waals surface area contributed by atoms with Gasteiger partial charge in [-0.2, -0.15) is 0 Å². The van der Waals surface area contributed by atoms with Crippen LogP contribution in [0.15, 0.2) is 33.9 Å². The largest absolute Gasteiger partial charge is 0.485 e. The molecule has 2 aromatic carbocycles. The van der Waals surface area contributed by atoms with E-state index in [9.17, 15) is 9.59 Å². The molecule has 2 fully saturated rings. The second-order valence-electron chi connectivity index (χ2n) is 10.6. The van der Waals surface area contributed by atoms with E-state index in [0.717, 1.165) is 54.3 Å². The molecule has 0 spiro atoms. The number of fused-ring (bicyclic) bond motifs is 1. The van der Waals surface area contributed by atoms with E-state index in [1.165, 1.54) is 11.1 Å². The zero-order valence-electron chi connectivity index (χ0n) is 23.2. The fraction of sp³-hybridized carbons (Fsp3) is 0.414. The van der Waals surface area contributed by atoms with Gasteiger partial charge in [0.05, 0.1) is 29.5 Å². The lowest BCUT2D eigenvalue weighted by Gasteiger charge is -2.36. The van der Waals surface area contributed by atoms with Gasteiger partial charge in [-0.25, -0.2) is 9.97 Å². The van der Waals surface area contributed by atoms with E-state index in [-0.39, 0.29) is 11.9 Å². The number of nitrogens with zero attached hydrogens (tertiary/aromatic N) is 5. The number of aromatic nitrogens is 2. The molecule has 0 radical (unpaired) electrons. The highest BCUT2D eigenvalue weighted by Gasteiger charge is 2.31. The van der Waals surface area contributed by atoms with E-state index < -0.39 is 10.9 Å². The summed E-state index contributed by atoms with van der Waals surface area (Å²) in [5.74, 6) is 1.64. The van der Waals surface area contributed by atoms with E-state index in [2.05, 4.69) is 15.9 Å². The number of benzene rings is 1. The fourth-order valence-corrected chi connectivity index (χ4v) is 6.59. The molecule has 0 amide bonds. The van der Waals surface area contributed by atoms with E-state index in [0.29, 0.717) is 49.1 Å². The summed E-state index contributed by atoms with van der Waals surface area (Å²) in [6.45, 7) is 10.0. The van der Waals surface area contributed by atoms with Gasteiger partial charge in [0.1, 0.15) is 5.69 Å². The molecule has 0 atom stereocenters. The summed E-state index contributed by atoms with van der Waals surface area (Å²) in [5, 5.41) is 7.91. The lowest BCUT2D eigenvalue weighted by atomic mass is 10.1. The molecule has 0 saturated carbocycles. The zero-order chi connectivity index (χ0) is 28.7. The van der Waals surface area contributed by atoms with Gasteiger partial charge >= 0.3 is 0 Å². The predicted molar refractivity (Wildman–Crippen MR) is 163 cm³/mol. The van der Waals surface area contributed by atoms with Gasteiger partial charge in [0, 0.05) is 73.7 Å². The number of nitrogens with one attached hydrogen (secondary N) is 1. The molecule has 2 saturated heterocycles. The number of nitrogens with two attached hydrogens (primary N) is 1. The number of rotatable bonds is 8. The Bertz CT molecular complexity index is 1660. The van der Waals surface area contributed by atoms with Crippen LogP contribution in [-0.2, 0) is 11.3 Å². The molecule has 4 heterocycles. The highest BCUT2D eigenvalue weighted by Crippen LogP contribution is 2.36. The van der Waals surface area contributed by atoms with Gasteiger partial charge in [0.25, 0.3) is 10.9 Å². The van der Waals surface area contributed by atoms with Crippen molar-refractivity contribution in [2.45, 2.75) is 26.5 Å². The topological polar surface area (TPSA) is 138 Å². The first-order chi connectivity index (χ1) is 19.8. The van der Waals surface area contributed by atoms with E-state index in [1.807, 2.05) is 30.9 Å². The van der Waals surface area contributed by atoms with Crippen molar-refractivity contribution in [2.24, 2.45) is 0 Å². The number of morpholine rings is 1. The van der Waals surface area contributed by atoms with Crippen LogP contribution < -0.4 is 31.1 Å². The maximum atomic E-state index is 12.3. The van der Waals surface area contributed by atoms with Crippen LogP contribution >= 0.6 is 11.3 Å². The molecule has 6 rings (SSSR count). The number of piperazine rings is 1. The van der Waals surface area contributed by atoms with Crippen LogP contribution in [0.3, 0.4) is 0 Å². The van der Waals surface area contributed by atoms with Crippen LogP contribution in [0.2, 0.25) is 0 Å². The van der Waals surface area contributed by atoms with Crippen LogP contribution in [0.5, 0.6) is 5.75 Å². The van der Waals surface area contributed by atoms with E-state index in [4.69, 9.17) is 30.6 Å². The molecule has 3 N–H and O–H groups in total. The molecule has 0 aliphatic carbocycles. The van der Waals surface area contributed by atoms with Crippen LogP contribution in [0.4, 0.5) is 17.2 Å². The maximum absolute atomic E-state index is 12.3. The fourth-order valence-electron chi connectivity index (χ4n) is 5.43. The third kappa shape index (κ3) is 5.18. The Morgan fingerprint density at radius 2 is 1.83 bits per heavy atom. The highest BCUT2D eigenvalue weighted by molar-refractivity contribution is 7.19. The number of hydrogen-bond donors (Lipinski definition) is 2. The molecule has 214 valence electrons.